The largest absolute Gasteiger partial charge is 0.493 e. The number of anilines is 1. The first-order chi connectivity index (χ1) is 12.4. The molecule has 1 aromatic carbocycles. The molecule has 1 fully saturated rings. The Bertz CT molecular complexity index is 586. The number of unbranched alkanes of at least 4 members (excludes halogenated alkanes) is 1. The molecule has 0 unspecified atom stereocenters. The van der Waals surface area contributed by atoms with Crippen molar-refractivity contribution in [1.29, 1.82) is 0 Å². The molecule has 1 amide bonds. The fourth-order valence-corrected chi connectivity index (χ4v) is 4.00. The van der Waals surface area contributed by atoms with E-state index < -0.39 is 5.60 Å². The van der Waals surface area contributed by atoms with E-state index in [0.29, 0.717) is 12.5 Å². The molecule has 4 heteroatoms. The third kappa shape index (κ3) is 5.00. The van der Waals surface area contributed by atoms with Gasteiger partial charge in [-0.15, -0.1) is 0 Å². The number of aryl methyl sites for hydroxylation is 2. The lowest BCUT2D eigenvalue weighted by molar-refractivity contribution is -0.147. The summed E-state index contributed by atoms with van der Waals surface area (Å²) < 4.78 is 11.9. The average molecular weight is 362 g/mol. The molecule has 1 saturated carbocycles. The summed E-state index contributed by atoms with van der Waals surface area (Å²) in [6, 6.07) is 4.00. The van der Waals surface area contributed by atoms with Crippen molar-refractivity contribution in [1.82, 2.24) is 0 Å². The predicted octanol–water partition coefficient (Wildman–Crippen LogP) is 5.41. The fourth-order valence-electron chi connectivity index (χ4n) is 4.00. The molecule has 0 radical (unpaired) electrons. The van der Waals surface area contributed by atoms with Crippen molar-refractivity contribution in [3.05, 3.63) is 23.3 Å². The zero-order valence-corrected chi connectivity index (χ0v) is 17.1. The van der Waals surface area contributed by atoms with Gasteiger partial charge in [-0.3, -0.25) is 4.79 Å². The van der Waals surface area contributed by atoms with Crippen LogP contribution in [-0.4, -0.2) is 24.7 Å². The summed E-state index contributed by atoms with van der Waals surface area (Å²) in [7, 11) is 0. The second-order valence-corrected chi connectivity index (χ2v) is 7.72. The van der Waals surface area contributed by atoms with Crippen molar-refractivity contribution in [3.8, 4) is 5.75 Å². The summed E-state index contributed by atoms with van der Waals surface area (Å²) in [5.74, 6) is 1.44. The van der Waals surface area contributed by atoms with Gasteiger partial charge in [0.1, 0.15) is 11.4 Å². The van der Waals surface area contributed by atoms with Gasteiger partial charge in [-0.2, -0.15) is 0 Å². The fraction of sp³-hybridized carbons (Fsp3) is 0.682. The number of benzene rings is 1. The van der Waals surface area contributed by atoms with Crippen molar-refractivity contribution < 1.29 is 14.3 Å². The van der Waals surface area contributed by atoms with E-state index in [9.17, 15) is 4.79 Å². The van der Waals surface area contributed by atoms with Crippen molar-refractivity contribution in [2.45, 2.75) is 78.7 Å². The van der Waals surface area contributed by atoms with E-state index in [0.717, 1.165) is 61.3 Å². The normalized spacial score (nSPS) is 22.9. The van der Waals surface area contributed by atoms with Crippen LogP contribution in [0.2, 0.25) is 0 Å². The van der Waals surface area contributed by atoms with Crippen LogP contribution in [0.15, 0.2) is 12.1 Å². The highest BCUT2D eigenvalue weighted by Crippen LogP contribution is 2.37. The second kappa shape index (κ2) is 9.40. The lowest BCUT2D eigenvalue weighted by atomic mass is 9.78. The van der Waals surface area contributed by atoms with Gasteiger partial charge in [-0.1, -0.05) is 26.7 Å². The van der Waals surface area contributed by atoms with Crippen molar-refractivity contribution >= 4 is 11.6 Å². The standard InChI is InChI=1S/C22H35NO3/c1-6-8-12-25-20-17(4)13-19(14-18(20)5)23-21(24)22(26-7-2)11-9-10-16(3)15-22/h13-14,16H,6-12,15H2,1-5H3,(H,23,24)/t16-,22+/m0/s1. The zero-order chi connectivity index (χ0) is 19.2. The Balaban J connectivity index is 2.14. The van der Waals surface area contributed by atoms with Crippen LogP contribution in [0.5, 0.6) is 5.75 Å². The van der Waals surface area contributed by atoms with Gasteiger partial charge in [0.15, 0.2) is 0 Å². The van der Waals surface area contributed by atoms with E-state index >= 15 is 0 Å². The van der Waals surface area contributed by atoms with Gasteiger partial charge in [0.2, 0.25) is 0 Å². The van der Waals surface area contributed by atoms with Crippen LogP contribution in [0, 0.1) is 19.8 Å². The van der Waals surface area contributed by atoms with E-state index in [-0.39, 0.29) is 5.91 Å². The van der Waals surface area contributed by atoms with Crippen LogP contribution in [0.25, 0.3) is 0 Å². The van der Waals surface area contributed by atoms with Gasteiger partial charge in [0.25, 0.3) is 5.91 Å². The van der Waals surface area contributed by atoms with Crippen LogP contribution in [0.4, 0.5) is 5.69 Å². The van der Waals surface area contributed by atoms with Crippen molar-refractivity contribution in [2.24, 2.45) is 5.92 Å². The molecule has 1 aromatic rings. The van der Waals surface area contributed by atoms with Crippen LogP contribution >= 0.6 is 0 Å². The summed E-state index contributed by atoms with van der Waals surface area (Å²) in [6.45, 7) is 11.7. The number of nitrogens with one attached hydrogen (secondary N) is 1. The Hall–Kier alpha value is -1.55. The Morgan fingerprint density at radius 3 is 2.54 bits per heavy atom. The number of ether oxygens (including phenoxy) is 2. The molecule has 0 aliphatic heterocycles. The molecule has 2 rings (SSSR count). The smallest absolute Gasteiger partial charge is 0.256 e. The minimum absolute atomic E-state index is 0.00986. The summed E-state index contributed by atoms with van der Waals surface area (Å²) in [4.78, 5) is 13.1. The highest BCUT2D eigenvalue weighted by atomic mass is 16.5. The minimum atomic E-state index is -0.690. The van der Waals surface area contributed by atoms with E-state index in [2.05, 4.69) is 19.2 Å². The average Bonchev–Trinajstić information content (AvgIpc) is 2.57. The van der Waals surface area contributed by atoms with E-state index in [4.69, 9.17) is 9.47 Å². The van der Waals surface area contributed by atoms with Crippen LogP contribution in [0.1, 0.15) is 70.4 Å². The molecule has 0 saturated heterocycles. The van der Waals surface area contributed by atoms with Crippen molar-refractivity contribution in [2.75, 3.05) is 18.5 Å². The van der Waals surface area contributed by atoms with Gasteiger partial charge in [-0.05, 0) is 75.6 Å². The van der Waals surface area contributed by atoms with Gasteiger partial charge in [-0.25, -0.2) is 0 Å². The number of amides is 1. The van der Waals surface area contributed by atoms with Gasteiger partial charge in [0.05, 0.1) is 6.61 Å². The zero-order valence-electron chi connectivity index (χ0n) is 17.1. The van der Waals surface area contributed by atoms with Gasteiger partial charge < -0.3 is 14.8 Å². The van der Waals surface area contributed by atoms with Gasteiger partial charge in [0, 0.05) is 12.3 Å². The minimum Gasteiger partial charge on any atom is -0.493 e. The maximum atomic E-state index is 13.1. The highest BCUT2D eigenvalue weighted by molar-refractivity contribution is 5.97. The maximum Gasteiger partial charge on any atom is 0.256 e. The molecule has 4 nitrogen and oxygen atoms in total. The Morgan fingerprint density at radius 1 is 1.27 bits per heavy atom. The molecule has 1 N–H and O–H groups in total. The Labute approximate surface area is 158 Å². The lowest BCUT2D eigenvalue weighted by Gasteiger charge is -2.38. The first-order valence-corrected chi connectivity index (χ1v) is 10.1. The van der Waals surface area contributed by atoms with Gasteiger partial charge >= 0.3 is 0 Å². The third-order valence-corrected chi connectivity index (χ3v) is 5.25. The molecule has 26 heavy (non-hydrogen) atoms. The topological polar surface area (TPSA) is 47.6 Å². The molecule has 1 aliphatic rings. The predicted molar refractivity (Wildman–Crippen MR) is 107 cm³/mol. The lowest BCUT2D eigenvalue weighted by Crippen LogP contribution is -2.48. The second-order valence-electron chi connectivity index (χ2n) is 7.72. The molecule has 0 heterocycles. The molecular formula is C22H35NO3. The van der Waals surface area contributed by atoms with E-state index in [1.165, 1.54) is 6.42 Å². The summed E-state index contributed by atoms with van der Waals surface area (Å²) in [6.07, 6.45) is 5.97. The number of carbonyl (C=O) groups is 1. The van der Waals surface area contributed by atoms with Crippen LogP contribution in [-0.2, 0) is 9.53 Å². The molecule has 146 valence electrons. The summed E-state index contributed by atoms with van der Waals surface area (Å²) in [5, 5.41) is 3.11. The summed E-state index contributed by atoms with van der Waals surface area (Å²) >= 11 is 0. The Kier molecular flexibility index (Phi) is 7.51. The molecule has 1 aliphatic carbocycles. The molecule has 2 atom stereocenters. The van der Waals surface area contributed by atoms with Crippen molar-refractivity contribution in [3.63, 3.8) is 0 Å². The molecule has 0 spiro atoms. The first kappa shape index (κ1) is 20.8. The highest BCUT2D eigenvalue weighted by Gasteiger charge is 2.42. The first-order valence-electron chi connectivity index (χ1n) is 10.1. The maximum absolute atomic E-state index is 13.1. The molecule has 0 bridgehead atoms. The number of rotatable bonds is 8. The molecule has 0 aromatic heterocycles. The number of hydrogen-bond donors (Lipinski definition) is 1. The monoisotopic (exact) mass is 361 g/mol. The third-order valence-electron chi connectivity index (χ3n) is 5.25. The number of hydrogen-bond acceptors (Lipinski definition) is 3. The van der Waals surface area contributed by atoms with E-state index in [1.54, 1.807) is 0 Å². The SMILES string of the molecule is CCCCOc1c(C)cc(NC(=O)[C@@]2(OCC)CCC[C@H](C)C2)cc1C. The number of carbonyl (C=O) groups excluding carboxylic acids is 1. The quantitative estimate of drug-likeness (QED) is 0.630. The van der Waals surface area contributed by atoms with E-state index in [1.807, 2.05) is 32.9 Å². The summed E-state index contributed by atoms with van der Waals surface area (Å²) in [5.41, 5.74) is 2.24. The van der Waals surface area contributed by atoms with Crippen LogP contribution in [0.3, 0.4) is 0 Å². The van der Waals surface area contributed by atoms with Crippen LogP contribution < -0.4 is 10.1 Å². The molecular weight excluding hydrogens is 326 g/mol. The Morgan fingerprint density at radius 2 is 1.96 bits per heavy atom.